The summed E-state index contributed by atoms with van der Waals surface area (Å²) in [4.78, 5) is 16.7. The zero-order valence-corrected chi connectivity index (χ0v) is 15.5. The highest BCUT2D eigenvalue weighted by Crippen LogP contribution is 2.24. The number of carbonyl (C=O) groups excluding carboxylic acids is 1. The minimum absolute atomic E-state index is 0.0871. The third-order valence-electron chi connectivity index (χ3n) is 4.07. The quantitative estimate of drug-likeness (QED) is 0.510. The second kappa shape index (κ2) is 7.84. The monoisotopic (exact) mass is 414 g/mol. The molecule has 4 rings (SSSR count). The van der Waals surface area contributed by atoms with Gasteiger partial charge in [0.05, 0.1) is 0 Å². The molecule has 0 saturated carbocycles. The second-order valence-electron chi connectivity index (χ2n) is 6.13. The van der Waals surface area contributed by atoms with Gasteiger partial charge in [-0.3, -0.25) is 4.79 Å². The number of halogens is 3. The van der Waals surface area contributed by atoms with Gasteiger partial charge in [0.1, 0.15) is 12.2 Å². The fourth-order valence-electron chi connectivity index (χ4n) is 2.75. The molecule has 29 heavy (non-hydrogen) atoms. The zero-order valence-electron chi connectivity index (χ0n) is 14.8. The van der Waals surface area contributed by atoms with E-state index in [1.54, 1.807) is 47.2 Å². The summed E-state index contributed by atoms with van der Waals surface area (Å²) in [6.07, 6.45) is 1.67. The van der Waals surface area contributed by atoms with Gasteiger partial charge < -0.3 is 14.4 Å². The van der Waals surface area contributed by atoms with Crippen molar-refractivity contribution >= 4 is 23.2 Å². The van der Waals surface area contributed by atoms with Gasteiger partial charge in [-0.15, -0.1) is 0 Å². The number of amides is 1. The van der Waals surface area contributed by atoms with Gasteiger partial charge in [-0.1, -0.05) is 28.9 Å². The number of hydrogen-bond acceptors (Lipinski definition) is 4. The number of nitrogens with zero attached hydrogens (tertiary/aromatic N) is 3. The molecular formula is C20H13ClF2N4O2. The van der Waals surface area contributed by atoms with E-state index >= 15 is 0 Å². The molecule has 146 valence electrons. The molecule has 0 aliphatic heterocycles. The number of anilines is 1. The number of rotatable bonds is 5. The molecular weight excluding hydrogens is 402 g/mol. The summed E-state index contributed by atoms with van der Waals surface area (Å²) in [6.45, 7) is -0.0871. The Hall–Kier alpha value is -3.52. The van der Waals surface area contributed by atoms with Crippen molar-refractivity contribution in [1.82, 2.24) is 14.7 Å². The Morgan fingerprint density at radius 2 is 1.97 bits per heavy atom. The predicted molar refractivity (Wildman–Crippen MR) is 103 cm³/mol. The van der Waals surface area contributed by atoms with E-state index in [0.717, 1.165) is 12.1 Å². The second-order valence-corrected chi connectivity index (χ2v) is 6.57. The van der Waals surface area contributed by atoms with Crippen molar-refractivity contribution in [2.75, 3.05) is 5.32 Å². The van der Waals surface area contributed by atoms with Gasteiger partial charge in [0.25, 0.3) is 5.89 Å². The first-order chi connectivity index (χ1) is 14.0. The molecule has 6 nitrogen and oxygen atoms in total. The Balaban J connectivity index is 1.51. The maximum Gasteiger partial charge on any atom is 0.274 e. The summed E-state index contributed by atoms with van der Waals surface area (Å²) in [5.41, 5.74) is 1.39. The van der Waals surface area contributed by atoms with E-state index in [-0.39, 0.29) is 18.1 Å². The van der Waals surface area contributed by atoms with Crippen molar-refractivity contribution < 1.29 is 18.1 Å². The summed E-state index contributed by atoms with van der Waals surface area (Å²) in [5.74, 6) is -1.86. The van der Waals surface area contributed by atoms with Crippen LogP contribution in [0.4, 0.5) is 14.5 Å². The smallest absolute Gasteiger partial charge is 0.274 e. The van der Waals surface area contributed by atoms with Crippen molar-refractivity contribution in [2.45, 2.75) is 6.54 Å². The van der Waals surface area contributed by atoms with Crippen molar-refractivity contribution in [3.63, 3.8) is 0 Å². The summed E-state index contributed by atoms with van der Waals surface area (Å²) in [5, 5.41) is 7.02. The van der Waals surface area contributed by atoms with Crippen LogP contribution in [0.15, 0.2) is 65.3 Å². The Morgan fingerprint density at radius 3 is 2.76 bits per heavy atom. The SMILES string of the molecule is O=C(Cn1cccc1-c1nc(-c2cccc(Cl)c2)no1)Nc1ccc(F)c(F)c1. The maximum absolute atomic E-state index is 13.3. The molecule has 0 bridgehead atoms. The summed E-state index contributed by atoms with van der Waals surface area (Å²) >= 11 is 5.99. The Kier molecular flexibility index (Phi) is 5.09. The lowest BCUT2D eigenvalue weighted by atomic mass is 10.2. The fourth-order valence-corrected chi connectivity index (χ4v) is 2.94. The number of carbonyl (C=O) groups is 1. The van der Waals surface area contributed by atoms with Crippen molar-refractivity contribution in [1.29, 1.82) is 0 Å². The lowest BCUT2D eigenvalue weighted by Crippen LogP contribution is -2.19. The van der Waals surface area contributed by atoms with E-state index in [0.29, 0.717) is 22.1 Å². The Bertz CT molecular complexity index is 1190. The van der Waals surface area contributed by atoms with Gasteiger partial charge >= 0.3 is 0 Å². The third kappa shape index (κ3) is 4.17. The van der Waals surface area contributed by atoms with E-state index in [4.69, 9.17) is 16.1 Å². The average molecular weight is 415 g/mol. The van der Waals surface area contributed by atoms with Gasteiger partial charge in [-0.2, -0.15) is 4.98 Å². The van der Waals surface area contributed by atoms with E-state index in [9.17, 15) is 13.6 Å². The van der Waals surface area contributed by atoms with Gasteiger partial charge in [-0.25, -0.2) is 8.78 Å². The minimum Gasteiger partial charge on any atom is -0.334 e. The summed E-state index contributed by atoms with van der Waals surface area (Å²) < 4.78 is 33.2. The van der Waals surface area contributed by atoms with Crippen LogP contribution in [0.2, 0.25) is 5.02 Å². The first-order valence-corrected chi connectivity index (χ1v) is 8.87. The van der Waals surface area contributed by atoms with Crippen LogP contribution < -0.4 is 5.32 Å². The molecule has 0 fully saturated rings. The van der Waals surface area contributed by atoms with Crippen molar-refractivity contribution in [3.05, 3.63) is 77.5 Å². The zero-order chi connectivity index (χ0) is 20.4. The third-order valence-corrected chi connectivity index (χ3v) is 4.31. The molecule has 0 spiro atoms. The lowest BCUT2D eigenvalue weighted by Gasteiger charge is -2.08. The molecule has 0 unspecified atom stereocenters. The molecule has 2 heterocycles. The number of nitrogens with one attached hydrogen (secondary N) is 1. The van der Waals surface area contributed by atoms with Crippen LogP contribution in [0.5, 0.6) is 0 Å². The molecule has 2 aromatic carbocycles. The average Bonchev–Trinajstić information content (AvgIpc) is 3.34. The fraction of sp³-hybridized carbons (Fsp3) is 0.0500. The molecule has 0 atom stereocenters. The summed E-state index contributed by atoms with van der Waals surface area (Å²) in [6, 6.07) is 13.6. The van der Waals surface area contributed by atoms with Gasteiger partial charge in [0.2, 0.25) is 11.7 Å². The number of hydrogen-bond donors (Lipinski definition) is 1. The highest BCUT2D eigenvalue weighted by molar-refractivity contribution is 6.30. The first kappa shape index (κ1) is 18.8. The standard InChI is InChI=1S/C20H13ClF2N4O2/c21-13-4-1-3-12(9-13)19-25-20(29-26-19)17-5-2-8-27(17)11-18(28)24-14-6-7-15(22)16(23)10-14/h1-10H,11H2,(H,24,28). The van der Waals surface area contributed by atoms with Crippen molar-refractivity contribution in [3.8, 4) is 23.0 Å². The molecule has 0 saturated heterocycles. The van der Waals surface area contributed by atoms with Gasteiger partial charge in [0.15, 0.2) is 11.6 Å². The van der Waals surface area contributed by atoms with Crippen LogP contribution in [-0.2, 0) is 11.3 Å². The molecule has 4 aromatic rings. The van der Waals surface area contributed by atoms with E-state index in [1.165, 1.54) is 6.07 Å². The van der Waals surface area contributed by atoms with Gasteiger partial charge in [-0.05, 0) is 36.4 Å². The Morgan fingerprint density at radius 1 is 1.10 bits per heavy atom. The minimum atomic E-state index is -1.04. The largest absolute Gasteiger partial charge is 0.334 e. The normalized spacial score (nSPS) is 10.9. The maximum atomic E-state index is 13.3. The first-order valence-electron chi connectivity index (χ1n) is 8.49. The highest BCUT2D eigenvalue weighted by Gasteiger charge is 2.16. The molecule has 9 heteroatoms. The van der Waals surface area contributed by atoms with E-state index in [2.05, 4.69) is 15.5 Å². The number of aromatic nitrogens is 3. The van der Waals surface area contributed by atoms with E-state index < -0.39 is 17.5 Å². The highest BCUT2D eigenvalue weighted by atomic mass is 35.5. The summed E-state index contributed by atoms with van der Waals surface area (Å²) in [7, 11) is 0. The number of benzene rings is 2. The molecule has 0 radical (unpaired) electrons. The van der Waals surface area contributed by atoms with Crippen LogP contribution in [0.3, 0.4) is 0 Å². The molecule has 2 aromatic heterocycles. The lowest BCUT2D eigenvalue weighted by molar-refractivity contribution is -0.116. The van der Waals surface area contributed by atoms with Crippen LogP contribution in [0, 0.1) is 11.6 Å². The molecule has 1 N–H and O–H groups in total. The van der Waals surface area contributed by atoms with E-state index in [1.807, 2.05) is 0 Å². The molecule has 0 aliphatic carbocycles. The van der Waals surface area contributed by atoms with Crippen LogP contribution >= 0.6 is 11.6 Å². The van der Waals surface area contributed by atoms with Crippen molar-refractivity contribution in [2.24, 2.45) is 0 Å². The predicted octanol–water partition coefficient (Wildman–Crippen LogP) is 4.78. The Labute approximate surface area is 168 Å². The molecule has 1 amide bonds. The molecule has 0 aliphatic rings. The van der Waals surface area contributed by atoms with Crippen LogP contribution in [0.25, 0.3) is 23.0 Å². The topological polar surface area (TPSA) is 73.0 Å². The van der Waals surface area contributed by atoms with Gasteiger partial charge in [0, 0.05) is 28.5 Å². The van der Waals surface area contributed by atoms with Crippen LogP contribution in [0.1, 0.15) is 0 Å². The van der Waals surface area contributed by atoms with Crippen LogP contribution in [-0.4, -0.2) is 20.6 Å².